The van der Waals surface area contributed by atoms with Crippen LogP contribution >= 0.6 is 11.8 Å². The smallest absolute Gasteiger partial charge is 0.257 e. The van der Waals surface area contributed by atoms with Crippen molar-refractivity contribution in [3.63, 3.8) is 0 Å². The van der Waals surface area contributed by atoms with E-state index in [9.17, 15) is 22.4 Å². The van der Waals surface area contributed by atoms with Gasteiger partial charge in [-0.25, -0.2) is 17.8 Å². The van der Waals surface area contributed by atoms with Crippen molar-refractivity contribution < 1.29 is 17.6 Å². The van der Waals surface area contributed by atoms with E-state index in [2.05, 4.69) is 4.98 Å². The molecule has 32 heavy (non-hydrogen) atoms. The van der Waals surface area contributed by atoms with Crippen molar-refractivity contribution in [3.05, 3.63) is 57.3 Å². The van der Waals surface area contributed by atoms with Gasteiger partial charge in [0.15, 0.2) is 15.0 Å². The highest BCUT2D eigenvalue weighted by Crippen LogP contribution is 2.35. The molecule has 0 N–H and O–H groups in total. The lowest BCUT2D eigenvalue weighted by Crippen LogP contribution is -2.36. The molecule has 1 fully saturated rings. The van der Waals surface area contributed by atoms with Crippen LogP contribution in [-0.4, -0.2) is 53.4 Å². The number of hydrogen-bond acceptors (Lipinski definition) is 6. The fraction of sp³-hybridized carbons (Fsp3) is 0.500. The van der Waals surface area contributed by atoms with Gasteiger partial charge in [0.25, 0.3) is 5.56 Å². The quantitative estimate of drug-likeness (QED) is 0.631. The molecular weight excluding hydrogens is 453 g/mol. The number of fused-ring (bicyclic) bond motifs is 2. The van der Waals surface area contributed by atoms with Crippen molar-refractivity contribution in [2.45, 2.75) is 48.6 Å². The van der Waals surface area contributed by atoms with E-state index in [4.69, 9.17) is 0 Å². The van der Waals surface area contributed by atoms with Gasteiger partial charge < -0.3 is 4.90 Å². The van der Waals surface area contributed by atoms with E-state index in [0.717, 1.165) is 30.5 Å². The minimum Gasteiger partial charge on any atom is -0.342 e. The standard InChI is InChI=1S/C22H24FN3O4S2/c23-17-6-2-1-4-15(17)19-8-9-25(10-11-32(19,29)30)20(27)12-14-13-31-22-24-18-7-3-5-16(18)21(28)26(14)22/h1-2,4,6,14,19H,3,5,7-13H2. The second-order valence-electron chi connectivity index (χ2n) is 8.56. The number of sulfone groups is 1. The maximum atomic E-state index is 14.3. The summed E-state index contributed by atoms with van der Waals surface area (Å²) in [5.41, 5.74) is 1.78. The third-order valence-corrected chi connectivity index (χ3v) is 9.83. The van der Waals surface area contributed by atoms with Crippen LogP contribution in [-0.2, 0) is 27.5 Å². The predicted octanol–water partition coefficient (Wildman–Crippen LogP) is 2.30. The van der Waals surface area contributed by atoms with Crippen LogP contribution in [0.15, 0.2) is 34.2 Å². The average molecular weight is 478 g/mol. The third-order valence-electron chi connectivity index (χ3n) is 6.63. The van der Waals surface area contributed by atoms with Gasteiger partial charge in [0.2, 0.25) is 5.91 Å². The number of aryl methyl sites for hydroxylation is 1. The Labute approximate surface area is 189 Å². The Bertz CT molecular complexity index is 1240. The molecule has 7 nitrogen and oxygen atoms in total. The van der Waals surface area contributed by atoms with E-state index in [0.29, 0.717) is 10.9 Å². The first-order valence-electron chi connectivity index (χ1n) is 10.9. The van der Waals surface area contributed by atoms with Crippen LogP contribution < -0.4 is 5.56 Å². The van der Waals surface area contributed by atoms with E-state index in [1.54, 1.807) is 15.5 Å². The van der Waals surface area contributed by atoms with Gasteiger partial charge in [0, 0.05) is 36.4 Å². The number of rotatable bonds is 3. The topological polar surface area (TPSA) is 89.3 Å². The predicted molar refractivity (Wildman–Crippen MR) is 119 cm³/mol. The summed E-state index contributed by atoms with van der Waals surface area (Å²) < 4.78 is 41.6. The molecule has 0 radical (unpaired) electrons. The van der Waals surface area contributed by atoms with Gasteiger partial charge in [-0.1, -0.05) is 30.0 Å². The molecule has 1 aliphatic carbocycles. The summed E-state index contributed by atoms with van der Waals surface area (Å²) in [6.07, 6.45) is 2.77. The highest BCUT2D eigenvalue weighted by molar-refractivity contribution is 7.99. The van der Waals surface area contributed by atoms with Crippen molar-refractivity contribution in [2.24, 2.45) is 0 Å². The molecule has 10 heteroatoms. The lowest BCUT2D eigenvalue weighted by molar-refractivity contribution is -0.131. The van der Waals surface area contributed by atoms with Crippen molar-refractivity contribution in [1.29, 1.82) is 0 Å². The summed E-state index contributed by atoms with van der Waals surface area (Å²) >= 11 is 1.49. The molecule has 2 atom stereocenters. The SMILES string of the molecule is O=C(CC1CSc2nc3c(c(=O)n21)CCC3)N1CCC(c2ccccc2F)S(=O)(=O)CC1. The van der Waals surface area contributed by atoms with Crippen molar-refractivity contribution in [3.8, 4) is 0 Å². The largest absolute Gasteiger partial charge is 0.342 e. The first-order valence-corrected chi connectivity index (χ1v) is 13.6. The number of nitrogens with zero attached hydrogens (tertiary/aromatic N) is 3. The Morgan fingerprint density at radius 1 is 1.22 bits per heavy atom. The van der Waals surface area contributed by atoms with Crippen molar-refractivity contribution >= 4 is 27.5 Å². The molecule has 1 saturated heterocycles. The van der Waals surface area contributed by atoms with Gasteiger partial charge in [0.05, 0.1) is 22.7 Å². The van der Waals surface area contributed by atoms with E-state index in [1.807, 2.05) is 0 Å². The normalized spacial score (nSPS) is 24.1. The molecule has 5 rings (SSSR count). The van der Waals surface area contributed by atoms with Crippen LogP contribution in [0, 0.1) is 5.82 Å². The molecule has 0 spiro atoms. The van der Waals surface area contributed by atoms with E-state index >= 15 is 0 Å². The molecule has 2 aromatic rings. The van der Waals surface area contributed by atoms with Crippen molar-refractivity contribution in [2.75, 3.05) is 24.6 Å². The second kappa shape index (κ2) is 8.30. The van der Waals surface area contributed by atoms with Crippen LogP contribution in [0.3, 0.4) is 0 Å². The molecule has 1 aromatic carbocycles. The Hall–Kier alpha value is -2.20. The maximum Gasteiger partial charge on any atom is 0.257 e. The highest BCUT2D eigenvalue weighted by atomic mass is 32.2. The molecule has 3 heterocycles. The molecule has 170 valence electrons. The van der Waals surface area contributed by atoms with Gasteiger partial charge in [-0.05, 0) is 31.7 Å². The van der Waals surface area contributed by atoms with E-state index < -0.39 is 20.9 Å². The Morgan fingerprint density at radius 2 is 2.03 bits per heavy atom. The molecular formula is C22H24FN3O4S2. The van der Waals surface area contributed by atoms with Crippen molar-refractivity contribution in [1.82, 2.24) is 14.5 Å². The van der Waals surface area contributed by atoms with Gasteiger partial charge in [-0.2, -0.15) is 0 Å². The lowest BCUT2D eigenvalue weighted by Gasteiger charge is -2.22. The summed E-state index contributed by atoms with van der Waals surface area (Å²) in [6.45, 7) is 0.317. The minimum absolute atomic E-state index is 0.0386. The Balaban J connectivity index is 1.33. The summed E-state index contributed by atoms with van der Waals surface area (Å²) in [6, 6.07) is 5.63. The number of benzene rings is 1. The Morgan fingerprint density at radius 3 is 2.84 bits per heavy atom. The Kier molecular flexibility index (Phi) is 5.61. The number of carbonyl (C=O) groups excluding carboxylic acids is 1. The molecule has 3 aliphatic rings. The minimum atomic E-state index is -3.59. The molecule has 2 unspecified atom stereocenters. The number of halogens is 1. The molecule has 0 saturated carbocycles. The monoisotopic (exact) mass is 477 g/mol. The van der Waals surface area contributed by atoms with Crippen LogP contribution in [0.25, 0.3) is 0 Å². The molecule has 1 amide bonds. The second-order valence-corrected chi connectivity index (χ2v) is 11.9. The number of thioether (sulfide) groups is 1. The first kappa shape index (κ1) is 21.6. The van der Waals surface area contributed by atoms with Crippen LogP contribution in [0.1, 0.15) is 47.4 Å². The van der Waals surface area contributed by atoms with Gasteiger partial charge in [-0.15, -0.1) is 0 Å². The number of carbonyl (C=O) groups is 1. The first-order chi connectivity index (χ1) is 15.3. The molecule has 2 aliphatic heterocycles. The summed E-state index contributed by atoms with van der Waals surface area (Å²) in [7, 11) is -3.59. The fourth-order valence-electron chi connectivity index (χ4n) is 4.91. The average Bonchev–Trinajstić information content (AvgIpc) is 3.35. The lowest BCUT2D eigenvalue weighted by atomic mass is 10.1. The van der Waals surface area contributed by atoms with Crippen LogP contribution in [0.4, 0.5) is 4.39 Å². The summed E-state index contributed by atoms with van der Waals surface area (Å²) in [4.78, 5) is 32.2. The van der Waals surface area contributed by atoms with Gasteiger partial charge in [0.1, 0.15) is 5.82 Å². The fourth-order valence-corrected chi connectivity index (χ4v) is 7.87. The summed E-state index contributed by atoms with van der Waals surface area (Å²) in [5, 5.41) is -0.287. The van der Waals surface area contributed by atoms with E-state index in [-0.39, 0.29) is 54.8 Å². The summed E-state index contributed by atoms with van der Waals surface area (Å²) in [5.74, 6) is -0.330. The van der Waals surface area contributed by atoms with Crippen LogP contribution in [0.2, 0.25) is 0 Å². The van der Waals surface area contributed by atoms with Gasteiger partial charge >= 0.3 is 0 Å². The van der Waals surface area contributed by atoms with Crippen LogP contribution in [0.5, 0.6) is 0 Å². The number of aromatic nitrogens is 2. The highest BCUT2D eigenvalue weighted by Gasteiger charge is 2.36. The number of hydrogen-bond donors (Lipinski definition) is 0. The zero-order chi connectivity index (χ0) is 22.5. The zero-order valence-corrected chi connectivity index (χ0v) is 19.1. The number of amides is 1. The maximum absolute atomic E-state index is 14.3. The van der Waals surface area contributed by atoms with E-state index in [1.165, 1.54) is 30.0 Å². The third kappa shape index (κ3) is 3.77. The molecule has 1 aromatic heterocycles. The zero-order valence-electron chi connectivity index (χ0n) is 17.5. The van der Waals surface area contributed by atoms with Gasteiger partial charge in [-0.3, -0.25) is 14.2 Å². The molecule has 0 bridgehead atoms.